The molecular formula is C25H30ClN7O. The molecule has 8 nitrogen and oxygen atoms in total. The van der Waals surface area contributed by atoms with Gasteiger partial charge in [-0.2, -0.15) is 0 Å². The number of anilines is 2. The number of benzene rings is 1. The number of hydrogen-bond acceptors (Lipinski definition) is 8. The summed E-state index contributed by atoms with van der Waals surface area (Å²) in [4.78, 5) is 20.9. The Morgan fingerprint density at radius 3 is 2.41 bits per heavy atom. The number of piperazine rings is 1. The second-order valence-corrected chi connectivity index (χ2v) is 9.34. The van der Waals surface area contributed by atoms with E-state index in [0.717, 1.165) is 74.3 Å². The van der Waals surface area contributed by atoms with E-state index >= 15 is 0 Å². The van der Waals surface area contributed by atoms with Gasteiger partial charge in [0.25, 0.3) is 0 Å². The zero-order chi connectivity index (χ0) is 23.5. The zero-order valence-electron chi connectivity index (χ0n) is 19.5. The average Bonchev–Trinajstić information content (AvgIpc) is 3.32. The van der Waals surface area contributed by atoms with E-state index in [-0.39, 0.29) is 0 Å². The highest BCUT2D eigenvalue weighted by molar-refractivity contribution is 6.31. The van der Waals surface area contributed by atoms with Gasteiger partial charge in [0.1, 0.15) is 0 Å². The molecule has 0 atom stereocenters. The largest absolute Gasteiger partial charge is 0.378 e. The molecule has 1 aromatic heterocycles. The monoisotopic (exact) mass is 479 g/mol. The summed E-state index contributed by atoms with van der Waals surface area (Å²) >= 11 is 6.39. The van der Waals surface area contributed by atoms with Crippen molar-refractivity contribution < 1.29 is 4.74 Å². The molecule has 1 aromatic carbocycles. The molecule has 3 aliphatic heterocycles. The van der Waals surface area contributed by atoms with E-state index in [0.29, 0.717) is 30.4 Å². The maximum Gasteiger partial charge on any atom is 0.225 e. The molecule has 9 heteroatoms. The summed E-state index contributed by atoms with van der Waals surface area (Å²) in [6, 6.07) is 6.07. The summed E-state index contributed by atoms with van der Waals surface area (Å²) < 4.78 is 5.43. The number of rotatable bonds is 6. The van der Waals surface area contributed by atoms with Crippen molar-refractivity contribution in [2.75, 3.05) is 68.8 Å². The first-order valence-electron chi connectivity index (χ1n) is 11.8. The summed E-state index contributed by atoms with van der Waals surface area (Å²) in [5.74, 6) is 0.744. The quantitative estimate of drug-likeness (QED) is 0.638. The Morgan fingerprint density at radius 1 is 1.00 bits per heavy atom. The van der Waals surface area contributed by atoms with Crippen molar-refractivity contribution in [1.82, 2.24) is 14.9 Å². The van der Waals surface area contributed by atoms with Crippen molar-refractivity contribution in [3.63, 3.8) is 0 Å². The minimum absolute atomic E-state index is 0.643. The molecule has 2 saturated heterocycles. The van der Waals surface area contributed by atoms with Gasteiger partial charge in [-0.1, -0.05) is 11.6 Å². The van der Waals surface area contributed by atoms with Crippen LogP contribution in [0.15, 0.2) is 47.4 Å². The Kier molecular flexibility index (Phi) is 6.78. The van der Waals surface area contributed by atoms with Gasteiger partial charge in [-0.15, -0.1) is 0 Å². The molecule has 0 unspecified atom stereocenters. The highest BCUT2D eigenvalue weighted by Gasteiger charge is 2.23. The molecule has 3 aliphatic rings. The second-order valence-electron chi connectivity index (χ2n) is 8.91. The Morgan fingerprint density at radius 2 is 1.71 bits per heavy atom. The van der Waals surface area contributed by atoms with Crippen molar-refractivity contribution in [3.8, 4) is 11.1 Å². The van der Waals surface area contributed by atoms with Crippen molar-refractivity contribution in [2.45, 2.75) is 13.3 Å². The average molecular weight is 480 g/mol. The standard InChI is InChI=1S/C25H30ClN7O/c1-18(27)12-21-14-22(17-28-21)31-4-6-32(7-5-31)24-3-2-20(26)13-23(24)19-15-29-25(30-16-19)33-8-10-34-11-9-33/h2-3,13-16,27H,4-12,17H2,1H3. The van der Waals surface area contributed by atoms with Crippen LogP contribution in [0, 0.1) is 5.41 Å². The molecule has 0 saturated carbocycles. The minimum atomic E-state index is 0.643. The van der Waals surface area contributed by atoms with Gasteiger partial charge in [0, 0.05) is 97.0 Å². The minimum Gasteiger partial charge on any atom is -0.378 e. The van der Waals surface area contributed by atoms with Crippen LogP contribution in [0.5, 0.6) is 0 Å². The lowest BCUT2D eigenvalue weighted by Gasteiger charge is -2.38. The summed E-state index contributed by atoms with van der Waals surface area (Å²) in [7, 11) is 0. The fraction of sp³-hybridized carbons (Fsp3) is 0.440. The molecule has 0 bridgehead atoms. The Labute approximate surface area is 205 Å². The number of hydrogen-bond donors (Lipinski definition) is 1. The van der Waals surface area contributed by atoms with E-state index in [1.54, 1.807) is 0 Å². The maximum absolute atomic E-state index is 7.70. The van der Waals surface area contributed by atoms with E-state index in [1.165, 1.54) is 5.70 Å². The SMILES string of the molecule is CC(=N)CC1=NCC(N2CCN(c3ccc(Cl)cc3-c3cnc(N4CCOCC4)nc3)CC2)=C1. The number of aromatic nitrogens is 2. The normalized spacial score (nSPS) is 18.7. The third-order valence-electron chi connectivity index (χ3n) is 6.45. The van der Waals surface area contributed by atoms with E-state index in [2.05, 4.69) is 41.8 Å². The number of nitrogens with one attached hydrogen (secondary N) is 1. The number of morpholine rings is 1. The summed E-state index contributed by atoms with van der Waals surface area (Å²) in [5, 5.41) is 8.41. The first-order valence-corrected chi connectivity index (χ1v) is 12.2. The molecule has 2 fully saturated rings. The van der Waals surface area contributed by atoms with Crippen LogP contribution in [-0.2, 0) is 4.74 Å². The number of halogens is 1. The topological polar surface area (TPSA) is 80.9 Å². The fourth-order valence-electron chi connectivity index (χ4n) is 4.67. The van der Waals surface area contributed by atoms with E-state index in [4.69, 9.17) is 21.7 Å². The van der Waals surface area contributed by atoms with Crippen LogP contribution in [0.1, 0.15) is 13.3 Å². The van der Waals surface area contributed by atoms with Crippen molar-refractivity contribution in [2.24, 2.45) is 4.99 Å². The molecule has 5 rings (SSSR count). The Hall–Kier alpha value is -2.97. The predicted molar refractivity (Wildman–Crippen MR) is 138 cm³/mol. The van der Waals surface area contributed by atoms with Crippen LogP contribution in [0.4, 0.5) is 11.6 Å². The Balaban J connectivity index is 1.29. The van der Waals surface area contributed by atoms with Crippen LogP contribution >= 0.6 is 11.6 Å². The zero-order valence-corrected chi connectivity index (χ0v) is 20.3. The predicted octanol–water partition coefficient (Wildman–Crippen LogP) is 3.52. The first-order chi connectivity index (χ1) is 16.6. The molecule has 2 aromatic rings. The maximum atomic E-state index is 7.70. The third kappa shape index (κ3) is 5.08. The lowest BCUT2D eigenvalue weighted by atomic mass is 10.0. The number of allylic oxidation sites excluding steroid dienone is 1. The Bertz CT molecular complexity index is 1100. The van der Waals surface area contributed by atoms with Gasteiger partial charge < -0.3 is 24.8 Å². The van der Waals surface area contributed by atoms with Crippen LogP contribution < -0.4 is 9.80 Å². The van der Waals surface area contributed by atoms with E-state index in [1.807, 2.05) is 31.5 Å². The van der Waals surface area contributed by atoms with Crippen molar-refractivity contribution in [3.05, 3.63) is 47.4 Å². The van der Waals surface area contributed by atoms with Crippen LogP contribution in [0.25, 0.3) is 11.1 Å². The highest BCUT2D eigenvalue weighted by Crippen LogP contribution is 2.34. The van der Waals surface area contributed by atoms with Gasteiger partial charge in [-0.05, 0) is 31.2 Å². The summed E-state index contributed by atoms with van der Waals surface area (Å²) in [6.07, 6.45) is 6.60. The highest BCUT2D eigenvalue weighted by atomic mass is 35.5. The molecule has 1 N–H and O–H groups in total. The van der Waals surface area contributed by atoms with Gasteiger partial charge in [-0.25, -0.2) is 9.97 Å². The van der Waals surface area contributed by atoms with Crippen molar-refractivity contribution in [1.29, 1.82) is 5.41 Å². The molecule has 4 heterocycles. The van der Waals surface area contributed by atoms with E-state index in [9.17, 15) is 0 Å². The molecule has 0 spiro atoms. The van der Waals surface area contributed by atoms with Crippen molar-refractivity contribution >= 4 is 34.7 Å². The van der Waals surface area contributed by atoms with Crippen LogP contribution in [0.3, 0.4) is 0 Å². The summed E-state index contributed by atoms with van der Waals surface area (Å²) in [5.41, 5.74) is 6.11. The van der Waals surface area contributed by atoms with E-state index < -0.39 is 0 Å². The van der Waals surface area contributed by atoms with Gasteiger partial charge in [0.05, 0.1) is 19.8 Å². The molecule has 0 amide bonds. The van der Waals surface area contributed by atoms with Crippen LogP contribution in [-0.4, -0.2) is 85.3 Å². The molecule has 0 radical (unpaired) electrons. The fourth-order valence-corrected chi connectivity index (χ4v) is 4.84. The molecular weight excluding hydrogens is 450 g/mol. The number of ether oxygens (including phenoxy) is 1. The van der Waals surface area contributed by atoms with Gasteiger partial charge in [-0.3, -0.25) is 4.99 Å². The molecule has 34 heavy (non-hydrogen) atoms. The second kappa shape index (κ2) is 10.1. The van der Waals surface area contributed by atoms with Crippen LogP contribution in [0.2, 0.25) is 5.02 Å². The molecule has 0 aliphatic carbocycles. The number of nitrogens with zero attached hydrogens (tertiary/aromatic N) is 6. The number of aliphatic imine (C=N–C) groups is 1. The first kappa shape index (κ1) is 22.8. The van der Waals surface area contributed by atoms with Gasteiger partial charge >= 0.3 is 0 Å². The summed E-state index contributed by atoms with van der Waals surface area (Å²) in [6.45, 7) is 9.31. The lowest BCUT2D eigenvalue weighted by Crippen LogP contribution is -2.46. The molecule has 178 valence electrons. The van der Waals surface area contributed by atoms with Gasteiger partial charge in [0.15, 0.2) is 0 Å². The third-order valence-corrected chi connectivity index (χ3v) is 6.69. The lowest BCUT2D eigenvalue weighted by molar-refractivity contribution is 0.122. The smallest absolute Gasteiger partial charge is 0.225 e. The van der Waals surface area contributed by atoms with Gasteiger partial charge in [0.2, 0.25) is 5.95 Å².